The summed E-state index contributed by atoms with van der Waals surface area (Å²) in [5, 5.41) is 7.38. The van der Waals surface area contributed by atoms with E-state index in [9.17, 15) is 0 Å². The van der Waals surface area contributed by atoms with Crippen molar-refractivity contribution < 1.29 is 9.47 Å². The Hall–Kier alpha value is -1.71. The Morgan fingerprint density at radius 3 is 2.39 bits per heavy atom. The van der Waals surface area contributed by atoms with E-state index in [2.05, 4.69) is 0 Å². The summed E-state index contributed by atoms with van der Waals surface area (Å²) in [5.74, 6) is 1.79. The van der Waals surface area contributed by atoms with E-state index in [0.717, 1.165) is 24.3 Å². The predicted molar refractivity (Wildman–Crippen MR) is 71.3 cm³/mol. The lowest BCUT2D eigenvalue weighted by atomic mass is 10.0. The third-order valence-electron chi connectivity index (χ3n) is 3.21. The highest BCUT2D eigenvalue weighted by molar-refractivity contribution is 5.78. The van der Waals surface area contributed by atoms with Crippen LogP contribution in [0.1, 0.15) is 26.2 Å². The van der Waals surface area contributed by atoms with Crippen molar-refractivity contribution in [3.8, 4) is 11.5 Å². The second-order valence-corrected chi connectivity index (χ2v) is 4.87. The highest BCUT2D eigenvalue weighted by Crippen LogP contribution is 2.49. The van der Waals surface area contributed by atoms with Gasteiger partial charge in [0.05, 0.1) is 19.0 Å². The Morgan fingerprint density at radius 1 is 1.28 bits per heavy atom. The molecule has 18 heavy (non-hydrogen) atoms. The quantitative estimate of drug-likeness (QED) is 0.575. The molecule has 3 N–H and O–H groups in total. The summed E-state index contributed by atoms with van der Waals surface area (Å²) in [4.78, 5) is 0. The Kier molecular flexibility index (Phi) is 3.75. The molecule has 0 heterocycles. The van der Waals surface area contributed by atoms with Gasteiger partial charge in [-0.1, -0.05) is 12.1 Å². The molecule has 0 bridgehead atoms. The predicted octanol–water partition coefficient (Wildman–Crippen LogP) is 2.57. The molecule has 1 saturated carbocycles. The molecule has 0 aliphatic heterocycles. The zero-order valence-electron chi connectivity index (χ0n) is 10.7. The van der Waals surface area contributed by atoms with Crippen molar-refractivity contribution in [2.75, 3.05) is 13.2 Å². The maximum Gasteiger partial charge on any atom is 0.161 e. The largest absolute Gasteiger partial charge is 0.490 e. The summed E-state index contributed by atoms with van der Waals surface area (Å²) in [6, 6.07) is 7.68. The number of para-hydroxylation sites is 2. The standard InChI is InChI=1S/C14H20N2O2/c1-2-17-11-5-3-4-6-12(11)18-10-14(7-8-14)9-13(15)16/h3-6H,2,7-10H2,1H3,(H3,15,16). The fourth-order valence-electron chi connectivity index (χ4n) is 2.03. The monoisotopic (exact) mass is 248 g/mol. The fourth-order valence-corrected chi connectivity index (χ4v) is 2.03. The molecule has 0 amide bonds. The summed E-state index contributed by atoms with van der Waals surface area (Å²) in [5.41, 5.74) is 5.56. The smallest absolute Gasteiger partial charge is 0.161 e. The topological polar surface area (TPSA) is 68.3 Å². The molecule has 0 aromatic heterocycles. The minimum Gasteiger partial charge on any atom is -0.490 e. The van der Waals surface area contributed by atoms with E-state index in [1.165, 1.54) is 0 Å². The third-order valence-corrected chi connectivity index (χ3v) is 3.21. The highest BCUT2D eigenvalue weighted by atomic mass is 16.5. The van der Waals surface area contributed by atoms with Crippen LogP contribution in [0.25, 0.3) is 0 Å². The molecule has 0 unspecified atom stereocenters. The molecular weight excluding hydrogens is 228 g/mol. The van der Waals surface area contributed by atoms with Crippen LogP contribution in [0.3, 0.4) is 0 Å². The molecule has 2 rings (SSSR count). The fraction of sp³-hybridized carbons (Fsp3) is 0.500. The van der Waals surface area contributed by atoms with Crippen molar-refractivity contribution in [1.82, 2.24) is 0 Å². The zero-order chi connectivity index (χ0) is 13.0. The van der Waals surface area contributed by atoms with Crippen LogP contribution in [-0.2, 0) is 0 Å². The Labute approximate surface area is 108 Å². The number of nitrogens with two attached hydrogens (primary N) is 1. The molecule has 1 aliphatic carbocycles. The first-order chi connectivity index (χ1) is 8.65. The van der Waals surface area contributed by atoms with Crippen LogP contribution < -0.4 is 15.2 Å². The number of nitrogens with one attached hydrogen (secondary N) is 1. The molecule has 4 heteroatoms. The number of benzene rings is 1. The SMILES string of the molecule is CCOc1ccccc1OCC1(CC(=N)N)CC1. The summed E-state index contributed by atoms with van der Waals surface area (Å²) in [7, 11) is 0. The van der Waals surface area contributed by atoms with Crippen molar-refractivity contribution in [3.05, 3.63) is 24.3 Å². The van der Waals surface area contributed by atoms with Gasteiger partial charge >= 0.3 is 0 Å². The maximum atomic E-state index is 7.38. The summed E-state index contributed by atoms with van der Waals surface area (Å²) in [6.07, 6.45) is 2.80. The zero-order valence-corrected chi connectivity index (χ0v) is 10.7. The highest BCUT2D eigenvalue weighted by Gasteiger charge is 2.44. The molecule has 0 spiro atoms. The molecule has 4 nitrogen and oxygen atoms in total. The van der Waals surface area contributed by atoms with Crippen LogP contribution in [-0.4, -0.2) is 19.0 Å². The van der Waals surface area contributed by atoms with Crippen LogP contribution in [0, 0.1) is 10.8 Å². The van der Waals surface area contributed by atoms with Crippen LogP contribution >= 0.6 is 0 Å². The maximum absolute atomic E-state index is 7.38. The van der Waals surface area contributed by atoms with Crippen molar-refractivity contribution in [2.45, 2.75) is 26.2 Å². The number of rotatable bonds is 7. The summed E-state index contributed by atoms with van der Waals surface area (Å²) in [6.45, 7) is 3.19. The minimum atomic E-state index is 0.0885. The van der Waals surface area contributed by atoms with Gasteiger partial charge < -0.3 is 15.2 Å². The summed E-state index contributed by atoms with van der Waals surface area (Å²) >= 11 is 0. The molecular formula is C14H20N2O2. The third kappa shape index (κ3) is 3.15. The summed E-state index contributed by atoms with van der Waals surface area (Å²) < 4.78 is 11.4. The first kappa shape index (κ1) is 12.7. The first-order valence-corrected chi connectivity index (χ1v) is 6.33. The van der Waals surface area contributed by atoms with Crippen LogP contribution in [0.2, 0.25) is 0 Å². The van der Waals surface area contributed by atoms with E-state index in [0.29, 0.717) is 19.6 Å². The molecule has 0 saturated heterocycles. The molecule has 1 aliphatic rings. The van der Waals surface area contributed by atoms with Gasteiger partial charge in [-0.2, -0.15) is 0 Å². The van der Waals surface area contributed by atoms with E-state index in [4.69, 9.17) is 20.6 Å². The van der Waals surface area contributed by atoms with Gasteiger partial charge in [-0.3, -0.25) is 5.41 Å². The molecule has 98 valence electrons. The van der Waals surface area contributed by atoms with E-state index in [1.54, 1.807) is 0 Å². The van der Waals surface area contributed by atoms with Gasteiger partial charge in [0.25, 0.3) is 0 Å². The van der Waals surface area contributed by atoms with Gasteiger partial charge in [-0.05, 0) is 31.9 Å². The van der Waals surface area contributed by atoms with Gasteiger partial charge in [0.15, 0.2) is 11.5 Å². The Morgan fingerprint density at radius 2 is 1.89 bits per heavy atom. The minimum absolute atomic E-state index is 0.0885. The van der Waals surface area contributed by atoms with Gasteiger partial charge in [-0.25, -0.2) is 0 Å². The second kappa shape index (κ2) is 5.29. The number of ether oxygens (including phenoxy) is 2. The van der Waals surface area contributed by atoms with Crippen molar-refractivity contribution in [1.29, 1.82) is 5.41 Å². The van der Waals surface area contributed by atoms with Crippen LogP contribution in [0.4, 0.5) is 0 Å². The average molecular weight is 248 g/mol. The molecule has 1 fully saturated rings. The lowest BCUT2D eigenvalue weighted by Gasteiger charge is -2.17. The van der Waals surface area contributed by atoms with Crippen molar-refractivity contribution in [2.24, 2.45) is 11.1 Å². The van der Waals surface area contributed by atoms with Crippen molar-refractivity contribution in [3.63, 3.8) is 0 Å². The van der Waals surface area contributed by atoms with Gasteiger partial charge in [0.2, 0.25) is 0 Å². The normalized spacial score (nSPS) is 16.1. The van der Waals surface area contributed by atoms with E-state index in [-0.39, 0.29) is 11.3 Å². The average Bonchev–Trinajstić information content (AvgIpc) is 3.08. The Balaban J connectivity index is 1.96. The molecule has 1 aromatic carbocycles. The van der Waals surface area contributed by atoms with Crippen LogP contribution in [0.5, 0.6) is 11.5 Å². The molecule has 1 aromatic rings. The Bertz CT molecular complexity index is 428. The van der Waals surface area contributed by atoms with E-state index in [1.807, 2.05) is 31.2 Å². The van der Waals surface area contributed by atoms with Gasteiger partial charge in [-0.15, -0.1) is 0 Å². The first-order valence-electron chi connectivity index (χ1n) is 6.33. The molecule has 0 radical (unpaired) electrons. The number of hydrogen-bond donors (Lipinski definition) is 2. The van der Waals surface area contributed by atoms with Crippen molar-refractivity contribution >= 4 is 5.84 Å². The lowest BCUT2D eigenvalue weighted by Crippen LogP contribution is -2.21. The number of hydrogen-bond acceptors (Lipinski definition) is 3. The lowest BCUT2D eigenvalue weighted by molar-refractivity contribution is 0.223. The van der Waals surface area contributed by atoms with Gasteiger partial charge in [0.1, 0.15) is 0 Å². The molecule has 0 atom stereocenters. The van der Waals surface area contributed by atoms with E-state index >= 15 is 0 Å². The number of amidine groups is 1. The van der Waals surface area contributed by atoms with Gasteiger partial charge in [0, 0.05) is 11.8 Å². The second-order valence-electron chi connectivity index (χ2n) is 4.87. The van der Waals surface area contributed by atoms with Crippen LogP contribution in [0.15, 0.2) is 24.3 Å². The van der Waals surface area contributed by atoms with E-state index < -0.39 is 0 Å².